The molecule has 1 aromatic carbocycles. The van der Waals surface area contributed by atoms with E-state index in [2.05, 4.69) is 23.6 Å². The molecule has 2 aliphatic rings. The Morgan fingerprint density at radius 2 is 1.87 bits per heavy atom. The molecule has 1 aliphatic carbocycles. The number of rotatable bonds is 7. The van der Waals surface area contributed by atoms with Crippen LogP contribution in [-0.4, -0.2) is 70.1 Å². The predicted molar refractivity (Wildman–Crippen MR) is 121 cm³/mol. The van der Waals surface area contributed by atoms with Crippen LogP contribution in [0.2, 0.25) is 0 Å². The van der Waals surface area contributed by atoms with Crippen molar-refractivity contribution in [2.24, 2.45) is 11.8 Å². The van der Waals surface area contributed by atoms with Gasteiger partial charge < -0.3 is 14.7 Å². The first-order valence-electron chi connectivity index (χ1n) is 11.2. The Hall–Kier alpha value is -1.15. The number of hydrogen-bond donors (Lipinski definition) is 1. The summed E-state index contributed by atoms with van der Waals surface area (Å²) < 4.78 is 29.9. The van der Waals surface area contributed by atoms with Gasteiger partial charge in [-0.3, -0.25) is 4.90 Å². The fourth-order valence-electron chi connectivity index (χ4n) is 5.04. The summed E-state index contributed by atoms with van der Waals surface area (Å²) in [4.78, 5) is 5.19. The summed E-state index contributed by atoms with van der Waals surface area (Å²) in [6.45, 7) is 8.20. The molecular formula is C23H38N2O4S. The number of sulfone groups is 1. The summed E-state index contributed by atoms with van der Waals surface area (Å²) >= 11 is 0. The topological polar surface area (TPSA) is 70.1 Å². The van der Waals surface area contributed by atoms with Crippen LogP contribution in [0.5, 0.6) is 0 Å². The molecule has 30 heavy (non-hydrogen) atoms. The lowest BCUT2D eigenvalue weighted by Gasteiger charge is -2.46. The molecule has 0 aromatic heterocycles. The molecule has 0 radical (unpaired) electrons. The van der Waals surface area contributed by atoms with Crippen molar-refractivity contribution in [2.75, 3.05) is 44.4 Å². The maximum atomic E-state index is 12.2. The average Bonchev–Trinajstić information content (AvgIpc) is 2.73. The van der Waals surface area contributed by atoms with E-state index < -0.39 is 9.84 Å². The van der Waals surface area contributed by atoms with Gasteiger partial charge in [-0.2, -0.15) is 0 Å². The van der Waals surface area contributed by atoms with Crippen LogP contribution in [0.4, 0.5) is 5.69 Å². The number of piperazine rings is 1. The van der Waals surface area contributed by atoms with Crippen molar-refractivity contribution in [3.8, 4) is 0 Å². The summed E-state index contributed by atoms with van der Waals surface area (Å²) in [6.07, 6.45) is 6.45. The molecule has 1 saturated heterocycles. The molecular weight excluding hydrogens is 400 g/mol. The Kier molecular flexibility index (Phi) is 7.82. The third kappa shape index (κ3) is 5.55. The molecule has 1 unspecified atom stereocenters. The van der Waals surface area contributed by atoms with Crippen LogP contribution in [0, 0.1) is 11.8 Å². The Balaban J connectivity index is 1.71. The highest BCUT2D eigenvalue weighted by atomic mass is 32.2. The molecule has 3 rings (SSSR count). The highest BCUT2D eigenvalue weighted by Crippen LogP contribution is 2.31. The van der Waals surface area contributed by atoms with E-state index in [9.17, 15) is 13.5 Å². The third-order valence-electron chi connectivity index (χ3n) is 6.91. The average molecular weight is 439 g/mol. The molecule has 2 fully saturated rings. The van der Waals surface area contributed by atoms with Gasteiger partial charge in [0, 0.05) is 51.3 Å². The first kappa shape index (κ1) is 23.5. The molecule has 0 spiro atoms. The van der Waals surface area contributed by atoms with Crippen LogP contribution >= 0.6 is 0 Å². The van der Waals surface area contributed by atoms with E-state index in [0.717, 1.165) is 37.8 Å². The van der Waals surface area contributed by atoms with Crippen molar-refractivity contribution in [3.63, 3.8) is 0 Å². The van der Waals surface area contributed by atoms with Crippen LogP contribution in [0.3, 0.4) is 0 Å². The number of aliphatic hydroxyl groups excluding tert-OH is 1. The van der Waals surface area contributed by atoms with Crippen molar-refractivity contribution >= 4 is 15.5 Å². The van der Waals surface area contributed by atoms with Gasteiger partial charge in [0.1, 0.15) is 0 Å². The zero-order valence-electron chi connectivity index (χ0n) is 18.9. The highest BCUT2D eigenvalue weighted by Gasteiger charge is 2.32. The van der Waals surface area contributed by atoms with E-state index in [1.165, 1.54) is 31.9 Å². The number of hydrogen-bond acceptors (Lipinski definition) is 6. The lowest BCUT2D eigenvalue weighted by Crippen LogP contribution is -2.56. The summed E-state index contributed by atoms with van der Waals surface area (Å²) in [5, 5.41) is 9.53. The van der Waals surface area contributed by atoms with Gasteiger partial charge in [-0.05, 0) is 55.2 Å². The van der Waals surface area contributed by atoms with Crippen LogP contribution in [-0.2, 0) is 21.2 Å². The predicted octanol–water partition coefficient (Wildman–Crippen LogP) is 2.93. The number of anilines is 1. The molecule has 1 atom stereocenters. The minimum atomic E-state index is -3.38. The van der Waals surface area contributed by atoms with E-state index in [4.69, 9.17) is 4.74 Å². The van der Waals surface area contributed by atoms with Gasteiger partial charge in [0.25, 0.3) is 0 Å². The summed E-state index contributed by atoms with van der Waals surface area (Å²) in [5.41, 5.74) is 1.39. The fourth-order valence-corrected chi connectivity index (χ4v) is 5.98. The number of nitrogens with zero attached hydrogens (tertiary/aromatic N) is 2. The van der Waals surface area contributed by atoms with Gasteiger partial charge in [-0.25, -0.2) is 8.42 Å². The third-order valence-corrected chi connectivity index (χ3v) is 8.09. The van der Waals surface area contributed by atoms with Crippen molar-refractivity contribution in [1.82, 2.24) is 4.90 Å². The summed E-state index contributed by atoms with van der Waals surface area (Å²) in [6, 6.07) is 5.87. The second-order valence-corrected chi connectivity index (χ2v) is 11.3. The molecule has 1 aliphatic heterocycles. The minimum absolute atomic E-state index is 0.237. The van der Waals surface area contributed by atoms with Gasteiger partial charge in [0.05, 0.1) is 17.6 Å². The standard InChI is InChI=1S/C23H38N2O4S/c1-17(2)22-15-24(20-8-7-19(16-26)23(13-20)30(4,27)28)11-12-25(22)14-18-5-9-21(29-3)10-6-18/h7-8,13,17-18,21-22,26H,5-6,9-12,14-16H2,1-4H3. The molecule has 6 nitrogen and oxygen atoms in total. The monoisotopic (exact) mass is 438 g/mol. The first-order chi connectivity index (χ1) is 14.2. The Bertz CT molecular complexity index is 803. The Morgan fingerprint density at radius 1 is 1.17 bits per heavy atom. The minimum Gasteiger partial charge on any atom is -0.392 e. The second kappa shape index (κ2) is 9.98. The van der Waals surface area contributed by atoms with Crippen molar-refractivity contribution < 1.29 is 18.3 Å². The lowest BCUT2D eigenvalue weighted by atomic mass is 9.86. The SMILES string of the molecule is COC1CCC(CN2CCN(c3ccc(CO)c(S(C)(=O)=O)c3)CC2C(C)C)CC1. The number of benzene rings is 1. The zero-order valence-corrected chi connectivity index (χ0v) is 19.7. The van der Waals surface area contributed by atoms with Gasteiger partial charge >= 0.3 is 0 Å². The van der Waals surface area contributed by atoms with E-state index in [0.29, 0.717) is 23.6 Å². The summed E-state index contributed by atoms with van der Waals surface area (Å²) in [5.74, 6) is 1.26. The van der Waals surface area contributed by atoms with Crippen LogP contribution < -0.4 is 4.90 Å². The molecule has 170 valence electrons. The molecule has 1 aromatic rings. The number of methoxy groups -OCH3 is 1. The van der Waals surface area contributed by atoms with Gasteiger partial charge in [-0.1, -0.05) is 19.9 Å². The van der Waals surface area contributed by atoms with Crippen molar-refractivity contribution in [2.45, 2.75) is 63.2 Å². The van der Waals surface area contributed by atoms with Gasteiger partial charge in [-0.15, -0.1) is 0 Å². The molecule has 1 N–H and O–H groups in total. The van der Waals surface area contributed by atoms with Gasteiger partial charge in [0.2, 0.25) is 0 Å². The Labute approximate surface area is 182 Å². The van der Waals surface area contributed by atoms with Crippen molar-refractivity contribution in [1.29, 1.82) is 0 Å². The quantitative estimate of drug-likeness (QED) is 0.706. The fraction of sp³-hybridized carbons (Fsp3) is 0.739. The van der Waals surface area contributed by atoms with Crippen molar-refractivity contribution in [3.05, 3.63) is 23.8 Å². The van der Waals surface area contributed by atoms with Crippen LogP contribution in [0.25, 0.3) is 0 Å². The molecule has 0 amide bonds. The molecule has 7 heteroatoms. The highest BCUT2D eigenvalue weighted by molar-refractivity contribution is 7.90. The first-order valence-corrected chi connectivity index (χ1v) is 13.1. The van der Waals surface area contributed by atoms with Crippen LogP contribution in [0.15, 0.2) is 23.1 Å². The Morgan fingerprint density at radius 3 is 2.43 bits per heavy atom. The van der Waals surface area contributed by atoms with E-state index in [1.54, 1.807) is 12.1 Å². The molecule has 0 bridgehead atoms. The number of aliphatic hydroxyl groups is 1. The smallest absolute Gasteiger partial charge is 0.175 e. The lowest BCUT2D eigenvalue weighted by molar-refractivity contribution is 0.0402. The molecule has 1 saturated carbocycles. The maximum absolute atomic E-state index is 12.2. The van der Waals surface area contributed by atoms with E-state index in [-0.39, 0.29) is 11.5 Å². The normalized spacial score (nSPS) is 26.3. The van der Waals surface area contributed by atoms with E-state index in [1.807, 2.05) is 13.2 Å². The van der Waals surface area contributed by atoms with E-state index >= 15 is 0 Å². The van der Waals surface area contributed by atoms with Gasteiger partial charge in [0.15, 0.2) is 9.84 Å². The van der Waals surface area contributed by atoms with Crippen LogP contribution in [0.1, 0.15) is 45.1 Å². The second-order valence-electron chi connectivity index (χ2n) is 9.35. The summed E-state index contributed by atoms with van der Waals surface area (Å²) in [7, 11) is -1.56. The maximum Gasteiger partial charge on any atom is 0.175 e. The number of ether oxygens (including phenoxy) is 1. The largest absolute Gasteiger partial charge is 0.392 e. The molecule has 1 heterocycles. The zero-order chi connectivity index (χ0) is 21.9.